The van der Waals surface area contributed by atoms with Crippen LogP contribution in [0.5, 0.6) is 5.75 Å². The van der Waals surface area contributed by atoms with Crippen molar-refractivity contribution >= 4 is 57.7 Å². The fourth-order valence-electron chi connectivity index (χ4n) is 3.68. The molecule has 1 atom stereocenters. The highest BCUT2D eigenvalue weighted by Gasteiger charge is 2.38. The number of anilines is 1. The van der Waals surface area contributed by atoms with Crippen LogP contribution >= 0.6 is 35.0 Å². The first kappa shape index (κ1) is 24.2. The van der Waals surface area contributed by atoms with Crippen LogP contribution in [0.3, 0.4) is 0 Å². The molecule has 10 heteroatoms. The van der Waals surface area contributed by atoms with Gasteiger partial charge in [0.15, 0.2) is 11.8 Å². The highest BCUT2D eigenvalue weighted by molar-refractivity contribution is 8.16. The minimum atomic E-state index is -0.510. The topological polar surface area (TPSA) is 80.2 Å². The number of allylic oxidation sites excluding steroid dienone is 1. The Labute approximate surface area is 211 Å². The van der Waals surface area contributed by atoms with Crippen LogP contribution in [0.15, 0.2) is 70.3 Å². The van der Waals surface area contributed by atoms with Gasteiger partial charge in [0, 0.05) is 27.5 Å². The van der Waals surface area contributed by atoms with Crippen molar-refractivity contribution in [1.29, 1.82) is 0 Å². The number of hydrogen-bond donors (Lipinski definition) is 1. The van der Waals surface area contributed by atoms with E-state index in [1.54, 1.807) is 44.2 Å². The first-order valence-corrected chi connectivity index (χ1v) is 12.1. The first-order valence-electron chi connectivity index (χ1n) is 10.4. The van der Waals surface area contributed by atoms with Crippen molar-refractivity contribution in [2.45, 2.75) is 19.9 Å². The molecule has 0 unspecified atom stereocenters. The SMILES string of the molecule is CCOC(=O)C1=C(C)N=C2SC=CN2[C@H]1c1ccccc1OCC(=O)Nc1cc(Cl)cc(Cl)c1. The van der Waals surface area contributed by atoms with Gasteiger partial charge in [-0.3, -0.25) is 4.79 Å². The van der Waals surface area contributed by atoms with Crippen LogP contribution in [0.4, 0.5) is 5.69 Å². The molecule has 0 spiro atoms. The lowest BCUT2D eigenvalue weighted by molar-refractivity contribution is -0.139. The molecule has 7 nitrogen and oxygen atoms in total. The molecule has 2 aromatic carbocycles. The molecule has 0 bridgehead atoms. The zero-order chi connectivity index (χ0) is 24.2. The number of ether oxygens (including phenoxy) is 2. The van der Waals surface area contributed by atoms with Crippen LogP contribution in [0.25, 0.3) is 0 Å². The maximum absolute atomic E-state index is 12.9. The zero-order valence-electron chi connectivity index (χ0n) is 18.4. The largest absolute Gasteiger partial charge is 0.483 e. The Bertz CT molecular complexity index is 1210. The smallest absolute Gasteiger partial charge is 0.338 e. The summed E-state index contributed by atoms with van der Waals surface area (Å²) in [7, 11) is 0. The summed E-state index contributed by atoms with van der Waals surface area (Å²) in [5.74, 6) is -0.357. The highest BCUT2D eigenvalue weighted by Crippen LogP contribution is 2.43. The number of para-hydroxylation sites is 1. The van der Waals surface area contributed by atoms with Crippen molar-refractivity contribution in [3.63, 3.8) is 0 Å². The van der Waals surface area contributed by atoms with E-state index in [2.05, 4.69) is 10.3 Å². The summed E-state index contributed by atoms with van der Waals surface area (Å²) < 4.78 is 11.2. The Hall–Kier alpha value is -2.94. The predicted molar refractivity (Wildman–Crippen MR) is 135 cm³/mol. The van der Waals surface area contributed by atoms with Crippen LogP contribution in [-0.2, 0) is 14.3 Å². The second kappa shape index (κ2) is 10.5. The molecule has 0 saturated carbocycles. The van der Waals surface area contributed by atoms with E-state index in [0.29, 0.717) is 38.3 Å². The molecule has 2 aromatic rings. The summed E-state index contributed by atoms with van der Waals surface area (Å²) in [6, 6.07) is 11.5. The molecule has 4 rings (SSSR count). The number of esters is 1. The number of rotatable bonds is 7. The van der Waals surface area contributed by atoms with E-state index in [0.717, 1.165) is 5.17 Å². The number of hydrogen-bond acceptors (Lipinski definition) is 7. The summed E-state index contributed by atoms with van der Waals surface area (Å²) in [5, 5.41) is 6.20. The van der Waals surface area contributed by atoms with Crippen molar-refractivity contribution in [2.75, 3.05) is 18.5 Å². The number of nitrogens with one attached hydrogen (secondary N) is 1. The molecule has 34 heavy (non-hydrogen) atoms. The fourth-order valence-corrected chi connectivity index (χ4v) is 5.00. The van der Waals surface area contributed by atoms with Gasteiger partial charge in [0.05, 0.1) is 23.9 Å². The number of thioether (sulfide) groups is 1. The van der Waals surface area contributed by atoms with Gasteiger partial charge in [-0.2, -0.15) is 0 Å². The Morgan fingerprint density at radius 1 is 1.18 bits per heavy atom. The third kappa shape index (κ3) is 5.24. The van der Waals surface area contributed by atoms with E-state index in [-0.39, 0.29) is 19.1 Å². The van der Waals surface area contributed by atoms with Gasteiger partial charge in [-0.25, -0.2) is 9.79 Å². The molecule has 0 fully saturated rings. The van der Waals surface area contributed by atoms with Crippen molar-refractivity contribution < 1.29 is 19.1 Å². The maximum atomic E-state index is 12.9. The van der Waals surface area contributed by atoms with Gasteiger partial charge in [-0.05, 0) is 43.5 Å². The average Bonchev–Trinajstić information content (AvgIpc) is 3.24. The van der Waals surface area contributed by atoms with Crippen LogP contribution in [-0.4, -0.2) is 35.2 Å². The van der Waals surface area contributed by atoms with E-state index in [1.807, 2.05) is 28.6 Å². The summed E-state index contributed by atoms with van der Waals surface area (Å²) in [5.41, 5.74) is 2.18. The molecule has 1 amide bonds. The van der Waals surface area contributed by atoms with Crippen molar-refractivity contribution in [2.24, 2.45) is 4.99 Å². The molecular weight excluding hydrogens is 497 g/mol. The summed E-state index contributed by atoms with van der Waals surface area (Å²) in [6.45, 7) is 3.54. The van der Waals surface area contributed by atoms with E-state index < -0.39 is 12.0 Å². The van der Waals surface area contributed by atoms with Crippen LogP contribution in [0, 0.1) is 0 Å². The first-order chi connectivity index (χ1) is 16.4. The molecular formula is C24H21Cl2N3O4S. The van der Waals surface area contributed by atoms with Gasteiger partial charge >= 0.3 is 5.97 Å². The molecule has 0 aliphatic carbocycles. The lowest BCUT2D eigenvalue weighted by Crippen LogP contribution is -2.34. The van der Waals surface area contributed by atoms with Gasteiger partial charge in [0.25, 0.3) is 5.91 Å². The van der Waals surface area contributed by atoms with Gasteiger partial charge < -0.3 is 19.7 Å². The Morgan fingerprint density at radius 3 is 2.65 bits per heavy atom. The standard InChI is InChI=1S/C24H21Cl2N3O4S/c1-3-32-23(31)21-14(2)27-24-29(8-9-34-24)22(21)18-6-4-5-7-19(18)33-13-20(30)28-17-11-15(25)10-16(26)12-17/h4-12,22H,3,13H2,1-2H3,(H,28,30)/t22-/m0/s1. The number of benzene rings is 2. The van der Waals surface area contributed by atoms with Crippen LogP contribution < -0.4 is 10.1 Å². The van der Waals surface area contributed by atoms with E-state index >= 15 is 0 Å². The van der Waals surface area contributed by atoms with E-state index in [9.17, 15) is 9.59 Å². The second-order valence-electron chi connectivity index (χ2n) is 7.36. The van der Waals surface area contributed by atoms with E-state index in [1.165, 1.54) is 11.8 Å². The van der Waals surface area contributed by atoms with Crippen molar-refractivity contribution in [3.8, 4) is 5.75 Å². The molecule has 2 aliphatic heterocycles. The summed E-state index contributed by atoms with van der Waals surface area (Å²) >= 11 is 13.5. The Kier molecular flexibility index (Phi) is 7.50. The number of amides is 1. The third-order valence-corrected chi connectivity index (χ3v) is 6.24. The number of carbonyl (C=O) groups excluding carboxylic acids is 2. The normalized spacial score (nSPS) is 16.8. The molecule has 0 aromatic heterocycles. The number of nitrogens with zero attached hydrogens (tertiary/aromatic N) is 2. The highest BCUT2D eigenvalue weighted by atomic mass is 35.5. The number of carbonyl (C=O) groups is 2. The fraction of sp³-hybridized carbons (Fsp3) is 0.208. The number of fused-ring (bicyclic) bond motifs is 1. The number of halogens is 2. The molecule has 2 aliphatic rings. The monoisotopic (exact) mass is 517 g/mol. The molecule has 1 N–H and O–H groups in total. The molecule has 176 valence electrons. The maximum Gasteiger partial charge on any atom is 0.338 e. The summed E-state index contributed by atoms with van der Waals surface area (Å²) in [6.07, 6.45) is 1.87. The van der Waals surface area contributed by atoms with Crippen molar-refractivity contribution in [3.05, 3.63) is 81.0 Å². The average molecular weight is 518 g/mol. The lowest BCUT2D eigenvalue weighted by Gasteiger charge is -2.34. The Morgan fingerprint density at radius 2 is 1.91 bits per heavy atom. The third-order valence-electron chi connectivity index (χ3n) is 5.03. The quantitative estimate of drug-likeness (QED) is 0.469. The van der Waals surface area contributed by atoms with Crippen LogP contribution in [0.1, 0.15) is 25.5 Å². The van der Waals surface area contributed by atoms with Crippen LogP contribution in [0.2, 0.25) is 10.0 Å². The summed E-state index contributed by atoms with van der Waals surface area (Å²) in [4.78, 5) is 31.9. The number of aliphatic imine (C=N–C) groups is 1. The van der Waals surface area contributed by atoms with Gasteiger partial charge in [0.1, 0.15) is 5.75 Å². The Balaban J connectivity index is 1.59. The van der Waals surface area contributed by atoms with E-state index in [4.69, 9.17) is 32.7 Å². The molecule has 0 radical (unpaired) electrons. The predicted octanol–water partition coefficient (Wildman–Crippen LogP) is 5.78. The van der Waals surface area contributed by atoms with Crippen molar-refractivity contribution in [1.82, 2.24) is 4.90 Å². The minimum Gasteiger partial charge on any atom is -0.483 e. The zero-order valence-corrected chi connectivity index (χ0v) is 20.7. The van der Waals surface area contributed by atoms with Gasteiger partial charge in [0.2, 0.25) is 0 Å². The number of amidine groups is 1. The minimum absolute atomic E-state index is 0.245. The van der Waals surface area contributed by atoms with Gasteiger partial charge in [-0.15, -0.1) is 0 Å². The van der Waals surface area contributed by atoms with Gasteiger partial charge in [-0.1, -0.05) is 53.2 Å². The lowest BCUT2D eigenvalue weighted by atomic mass is 9.94. The molecule has 2 heterocycles. The second-order valence-corrected chi connectivity index (χ2v) is 9.11. The molecule has 0 saturated heterocycles.